The van der Waals surface area contributed by atoms with Crippen LogP contribution in [0.4, 0.5) is 9.59 Å². The number of ether oxygens (including phenoxy) is 2. The van der Waals surface area contributed by atoms with Gasteiger partial charge in [0.25, 0.3) is 0 Å². The Morgan fingerprint density at radius 3 is 0.610 bits per heavy atom. The molecule has 4 N–H and O–H groups in total. The van der Waals surface area contributed by atoms with E-state index in [1.54, 1.807) is 0 Å². The van der Waals surface area contributed by atoms with Gasteiger partial charge in [0.05, 0.1) is 25.0 Å². The van der Waals surface area contributed by atoms with E-state index in [-0.39, 0.29) is 49.1 Å². The van der Waals surface area contributed by atoms with E-state index < -0.39 is 137 Å². The minimum absolute atomic E-state index is 0. The summed E-state index contributed by atoms with van der Waals surface area (Å²) in [6.45, 7) is 107. The average molecular weight is 1720 g/mol. The molecule has 0 fully saturated rings. The van der Waals surface area contributed by atoms with Gasteiger partial charge in [-0.2, -0.15) is 11.1 Å². The van der Waals surface area contributed by atoms with Crippen molar-refractivity contribution in [2.24, 2.45) is 5.73 Å². The minimum Gasteiger partial charge on any atom is -1.00 e. The van der Waals surface area contributed by atoms with Crippen molar-refractivity contribution < 1.29 is 104 Å². The van der Waals surface area contributed by atoms with Crippen LogP contribution in [0.15, 0.2) is 77.7 Å². The first kappa shape index (κ1) is 130. The van der Waals surface area contributed by atoms with Gasteiger partial charge in [-0.1, -0.05) is 60.8 Å². The van der Waals surface area contributed by atoms with Crippen molar-refractivity contribution in [1.29, 1.82) is 0 Å². The molecule has 0 unspecified atom stereocenters. The number of nitrogens with two attached hydrogens (primary N) is 1. The van der Waals surface area contributed by atoms with Crippen molar-refractivity contribution in [1.82, 2.24) is 10.6 Å². The topological polar surface area (TPSA) is 221 Å². The molecule has 0 heterocycles. The van der Waals surface area contributed by atoms with E-state index in [0.717, 1.165) is 44.1 Å². The molecule has 19 nitrogen and oxygen atoms in total. The number of nitrogens with one attached hydrogen (secondary N) is 2. The summed E-state index contributed by atoms with van der Waals surface area (Å²) < 4.78 is 78.6. The van der Waals surface area contributed by atoms with Gasteiger partial charge in [-0.3, -0.25) is 0 Å². The van der Waals surface area contributed by atoms with E-state index in [4.69, 9.17) is 67.5 Å². The van der Waals surface area contributed by atoms with Crippen LogP contribution in [0.1, 0.15) is 41.0 Å². The number of halogens is 2. The summed E-state index contributed by atoms with van der Waals surface area (Å²) in [7, 11) is -28.3. The minimum atomic E-state index is -2.82. The van der Waals surface area contributed by atoms with E-state index in [2.05, 4.69) is 308 Å². The summed E-state index contributed by atoms with van der Waals surface area (Å²) in [4.78, 5) is 31.6. The number of rotatable bonds is 35. The van der Waals surface area contributed by atoms with E-state index >= 15 is 0 Å². The molecule has 0 saturated heterocycles. The maximum Gasteiger partial charge on any atom is 1.00 e. The van der Waals surface area contributed by atoms with Crippen molar-refractivity contribution in [2.45, 2.75) is 295 Å². The van der Waals surface area contributed by atoms with Gasteiger partial charge >= 0.3 is 68.2 Å². The zero-order chi connectivity index (χ0) is 79.2. The third kappa shape index (κ3) is 117. The van der Waals surface area contributed by atoms with E-state index in [1.807, 2.05) is 0 Å². The van der Waals surface area contributed by atoms with Crippen LogP contribution in [0.2, 0.25) is 254 Å². The maximum absolute atomic E-state index is 11.4. The molecular weight excluding hydrogens is 1550 g/mol. The normalized spacial score (nSPS) is 12.0. The molecule has 37 heteroatoms. The summed E-state index contributed by atoms with van der Waals surface area (Å²) in [5.41, 5.74) is 5.72. The third-order valence-electron chi connectivity index (χ3n) is 7.95. The molecule has 0 aliphatic rings. The van der Waals surface area contributed by atoms with Crippen molar-refractivity contribution >= 4 is 155 Å². The molecule has 0 rings (SSSR count). The zero-order valence-electron chi connectivity index (χ0n) is 70.3. The van der Waals surface area contributed by atoms with Crippen LogP contribution in [0.5, 0.6) is 0 Å². The molecular formula is C63H162ClFN3NaO16Si15. The molecule has 0 aromatic carbocycles. The van der Waals surface area contributed by atoms with Crippen LogP contribution in [-0.4, -0.2) is 163 Å². The Balaban J connectivity index is -0.0000000862. The van der Waals surface area contributed by atoms with E-state index in [0.29, 0.717) is 31.7 Å². The second-order valence-electron chi connectivity index (χ2n) is 33.2. The van der Waals surface area contributed by atoms with Crippen LogP contribution in [0.3, 0.4) is 0 Å². The summed E-state index contributed by atoms with van der Waals surface area (Å²) in [5, 5.41) is 5.40. The molecule has 100 heavy (non-hydrogen) atoms. The van der Waals surface area contributed by atoms with Gasteiger partial charge in [-0.25, -0.2) is 9.59 Å². The Morgan fingerprint density at radius 2 is 0.510 bits per heavy atom. The maximum atomic E-state index is 11.4. The number of carbonyl (C=O) groups excluding carboxylic acids is 3. The standard InChI is InChI=1S/2C15H37NO5Si4.C12H35NO3Si4.2C5H12OSi.C3H9ClSi.C2H4O.2C2H4.2CH4.FH.Na/c2*1-11-18-15(17)16-13-12-14-25(19-22(2,3)4,20-23(5,6)7)21-24(8,9)10;1-17(2,3)14-20(12-10-11-13,15-18(4,5)6)16-19(7,8)9;2*1-5-6-7(2,3)4;1-5(2,3)4;1-2-3;2*1-2;;;;/h2*11H,1,12-14H2,2-10H3,(H,16,17);10-13H2,1-9H3;2*5H,1H2,2-4H3;1-3H3;2H,1H3;2*1-2H2;2*1H4;1H;/q;;;;;;;;;;;;+1/p-1. The monoisotopic (exact) mass is 1710 g/mol. The summed E-state index contributed by atoms with van der Waals surface area (Å²) in [6, 6.07) is 2.24. The Bertz CT molecular complexity index is 1840. The van der Waals surface area contributed by atoms with Gasteiger partial charge in [0.15, 0.2) is 74.9 Å². The van der Waals surface area contributed by atoms with Crippen LogP contribution in [0, 0.1) is 0 Å². The van der Waals surface area contributed by atoms with E-state index in [1.165, 1.54) is 19.4 Å². The smallest absolute Gasteiger partial charge is 1.00 e. The number of hydrogen-bond donors (Lipinski definition) is 3. The van der Waals surface area contributed by atoms with Gasteiger partial charge in [0.2, 0.25) is 16.6 Å². The second-order valence-corrected chi connectivity index (χ2v) is 101. The SMILES string of the molecule is C.C.C=C.C=C.C=COC(=O)NCCC[Si](O[Si](C)(C)C)(O[Si](C)(C)C)O[Si](C)(C)C.C=COC(=O)NCCC[Si](O[Si](C)(C)C)(O[Si](C)(C)C)O[Si](C)(C)C.C=CO[Si](C)(C)C.C=CO[Si](C)(C)C.CC=O.C[Si](C)(C)Cl.C[Si](C)(C)O[Si](CCCN)(O[Si](C)(C)C)O[Si](C)(C)C.[F-].[Na+]. The van der Waals surface area contributed by atoms with Gasteiger partial charge < -0.3 is 81.2 Å². The molecule has 0 radical (unpaired) electrons. The largest absolute Gasteiger partial charge is 1.00 e. The second kappa shape index (κ2) is 61.1. The summed E-state index contributed by atoms with van der Waals surface area (Å²) >= 11 is 5.67. The van der Waals surface area contributed by atoms with Gasteiger partial charge in [-0.05, 0) is 249 Å². The van der Waals surface area contributed by atoms with Crippen LogP contribution in [-0.2, 0) is 60.2 Å². The number of alkyl carbamates (subject to hydrolysis) is 2. The first-order valence-electron chi connectivity index (χ1n) is 33.2. The molecule has 0 bridgehead atoms. The van der Waals surface area contributed by atoms with Gasteiger partial charge in [-0.15, -0.1) is 26.3 Å². The van der Waals surface area contributed by atoms with Crippen LogP contribution < -0.4 is 50.6 Å². The number of carbonyl (C=O) groups is 3. The first-order chi connectivity index (χ1) is 42.4. The summed E-state index contributed by atoms with van der Waals surface area (Å²) in [6.07, 6.45) is 7.38. The van der Waals surface area contributed by atoms with Gasteiger partial charge in [0, 0.05) is 31.2 Å². The van der Waals surface area contributed by atoms with Gasteiger partial charge in [0.1, 0.15) is 13.7 Å². The fraction of sp³-hybridized carbons (Fsp3) is 0.762. The molecule has 0 aromatic rings. The van der Waals surface area contributed by atoms with Crippen molar-refractivity contribution in [3.05, 3.63) is 77.7 Å². The molecule has 0 atom stereocenters. The van der Waals surface area contributed by atoms with Crippen molar-refractivity contribution in [2.75, 3.05) is 19.6 Å². The van der Waals surface area contributed by atoms with E-state index in [9.17, 15) is 9.59 Å². The fourth-order valence-corrected chi connectivity index (χ4v) is 51.9. The number of aldehydes is 1. The zero-order valence-corrected chi connectivity index (χ0v) is 88.0. The third-order valence-corrected chi connectivity index (χ3v) is 45.8. The Kier molecular flexibility index (Phi) is 79.3. The molecule has 0 aliphatic carbocycles. The van der Waals surface area contributed by atoms with Crippen LogP contribution in [0.25, 0.3) is 0 Å². The summed E-state index contributed by atoms with van der Waals surface area (Å²) in [5.74, 6) is 0. The molecule has 600 valence electrons. The first-order valence-corrected chi connectivity index (χ1v) is 81.0. The Labute approximate surface area is 661 Å². The van der Waals surface area contributed by atoms with Crippen LogP contribution >= 0.6 is 11.1 Å². The molecule has 0 saturated carbocycles. The quantitative estimate of drug-likeness (QED) is 0.0134. The molecule has 0 aromatic heterocycles. The van der Waals surface area contributed by atoms with Crippen molar-refractivity contribution in [3.63, 3.8) is 0 Å². The molecule has 2 amide bonds. The van der Waals surface area contributed by atoms with Crippen molar-refractivity contribution in [3.8, 4) is 0 Å². The number of hydrogen-bond acceptors (Lipinski definition) is 17. The predicted octanol–water partition coefficient (Wildman–Crippen LogP) is 16.4. The number of amides is 2. The Morgan fingerprint density at radius 1 is 0.360 bits per heavy atom. The Hall–Kier alpha value is 0.323. The predicted molar refractivity (Wildman–Crippen MR) is 470 cm³/mol. The molecule has 0 spiro atoms. The molecule has 0 aliphatic heterocycles. The average Bonchev–Trinajstić information content (AvgIpc) is 0.823. The fourth-order valence-electron chi connectivity index (χ4n) is 6.89.